The first-order valence-electron chi connectivity index (χ1n) is 30.7. The highest BCUT2D eigenvalue weighted by molar-refractivity contribution is 5.76. The fraction of sp³-hybridized carbons (Fsp3) is 0.887. The lowest BCUT2D eigenvalue weighted by Gasteiger charge is -2.40. The molecule has 71 heavy (non-hydrogen) atoms. The van der Waals surface area contributed by atoms with Crippen LogP contribution < -0.4 is 5.32 Å². The summed E-state index contributed by atoms with van der Waals surface area (Å²) in [6.07, 6.45) is 61.0. The number of ether oxygens (including phenoxy) is 2. The molecule has 7 atom stereocenters. The van der Waals surface area contributed by atoms with Gasteiger partial charge in [0.25, 0.3) is 0 Å². The second-order valence-electron chi connectivity index (χ2n) is 21.5. The molecule has 0 aliphatic carbocycles. The van der Waals surface area contributed by atoms with Crippen molar-refractivity contribution in [1.82, 2.24) is 5.32 Å². The van der Waals surface area contributed by atoms with Crippen LogP contribution in [0.1, 0.15) is 296 Å². The van der Waals surface area contributed by atoms with Crippen LogP contribution in [0.5, 0.6) is 0 Å². The zero-order chi connectivity index (χ0) is 51.5. The Balaban J connectivity index is 2.11. The molecule has 0 spiro atoms. The van der Waals surface area contributed by atoms with Crippen LogP contribution in [0, 0.1) is 0 Å². The number of aliphatic hydroxyl groups is 5. The predicted octanol–water partition coefficient (Wildman–Crippen LogP) is 15.5. The zero-order valence-electron chi connectivity index (χ0n) is 46.5. The van der Waals surface area contributed by atoms with Crippen LogP contribution in [0.3, 0.4) is 0 Å². The predicted molar refractivity (Wildman–Crippen MR) is 300 cm³/mol. The highest BCUT2D eigenvalue weighted by Gasteiger charge is 2.44. The third kappa shape index (κ3) is 41.4. The molecular weight excluding hydrogens is 887 g/mol. The van der Waals surface area contributed by atoms with Crippen LogP contribution in [0.4, 0.5) is 0 Å². The Morgan fingerprint density at radius 2 is 0.803 bits per heavy atom. The van der Waals surface area contributed by atoms with Crippen molar-refractivity contribution in [3.63, 3.8) is 0 Å². The molecule has 1 rings (SSSR count). The van der Waals surface area contributed by atoms with Gasteiger partial charge in [0.05, 0.1) is 25.4 Å². The fourth-order valence-electron chi connectivity index (χ4n) is 9.84. The maximum Gasteiger partial charge on any atom is 0.220 e. The quantitative estimate of drug-likeness (QED) is 0.0261. The molecule has 1 saturated heterocycles. The van der Waals surface area contributed by atoms with E-state index < -0.39 is 49.5 Å². The number of carbonyl (C=O) groups is 1. The van der Waals surface area contributed by atoms with Crippen LogP contribution in [0.25, 0.3) is 0 Å². The number of rotatable bonds is 53. The molecule has 0 aromatic rings. The van der Waals surface area contributed by atoms with Gasteiger partial charge in [-0.2, -0.15) is 0 Å². The van der Waals surface area contributed by atoms with Gasteiger partial charge in [-0.15, -0.1) is 0 Å². The number of amides is 1. The first-order valence-corrected chi connectivity index (χ1v) is 30.7. The molecule has 1 fully saturated rings. The van der Waals surface area contributed by atoms with Crippen LogP contribution in [-0.4, -0.2) is 87.5 Å². The molecule has 6 N–H and O–H groups in total. The van der Waals surface area contributed by atoms with E-state index >= 15 is 0 Å². The molecule has 0 saturated carbocycles. The highest BCUT2D eigenvalue weighted by atomic mass is 16.7. The number of carbonyl (C=O) groups excluding carboxylic acids is 1. The maximum atomic E-state index is 13.0. The summed E-state index contributed by atoms with van der Waals surface area (Å²) >= 11 is 0. The zero-order valence-corrected chi connectivity index (χ0v) is 46.5. The van der Waals surface area contributed by atoms with E-state index in [0.717, 1.165) is 51.4 Å². The van der Waals surface area contributed by atoms with Crippen LogP contribution >= 0.6 is 0 Å². The van der Waals surface area contributed by atoms with Gasteiger partial charge in [0.15, 0.2) is 6.29 Å². The van der Waals surface area contributed by atoms with Gasteiger partial charge in [-0.3, -0.25) is 4.79 Å². The first-order chi connectivity index (χ1) is 34.8. The minimum atomic E-state index is -1.57. The summed E-state index contributed by atoms with van der Waals surface area (Å²) in [5.41, 5.74) is 0. The number of nitrogens with one attached hydrogen (secondary N) is 1. The summed E-state index contributed by atoms with van der Waals surface area (Å²) in [7, 11) is 0. The van der Waals surface area contributed by atoms with Crippen LogP contribution in [-0.2, 0) is 14.3 Å². The minimum absolute atomic E-state index is 0.186. The Morgan fingerprint density at radius 1 is 0.465 bits per heavy atom. The van der Waals surface area contributed by atoms with Crippen LogP contribution in [0.2, 0.25) is 0 Å². The SMILES string of the molecule is CCCCCCC/C=C/CC/C=C/CC/C=C/C(O)C(COC1OC(CO)C(O)C(O)C1O)NC(=O)CCCCCCCCCCCCCCCCCCCCCCCCCCCCCCCCCCC. The topological polar surface area (TPSA) is 149 Å². The lowest BCUT2D eigenvalue weighted by Crippen LogP contribution is -2.60. The molecular formula is C62H117NO8. The Bertz CT molecular complexity index is 1210. The van der Waals surface area contributed by atoms with E-state index in [-0.39, 0.29) is 12.5 Å². The van der Waals surface area contributed by atoms with Gasteiger partial charge in [0.1, 0.15) is 24.4 Å². The molecule has 0 aromatic heterocycles. The van der Waals surface area contributed by atoms with Gasteiger partial charge in [-0.25, -0.2) is 0 Å². The molecule has 9 nitrogen and oxygen atoms in total. The molecule has 0 aromatic carbocycles. The molecule has 418 valence electrons. The van der Waals surface area contributed by atoms with E-state index in [9.17, 15) is 30.3 Å². The van der Waals surface area contributed by atoms with Crippen molar-refractivity contribution in [3.8, 4) is 0 Å². The Hall–Kier alpha value is -1.59. The number of allylic oxidation sites excluding steroid dienone is 5. The average molecular weight is 1000 g/mol. The van der Waals surface area contributed by atoms with Crippen molar-refractivity contribution in [3.05, 3.63) is 36.5 Å². The molecule has 7 unspecified atom stereocenters. The second kappa shape index (κ2) is 51.9. The third-order valence-corrected chi connectivity index (χ3v) is 14.7. The summed E-state index contributed by atoms with van der Waals surface area (Å²) in [5.74, 6) is -0.186. The van der Waals surface area contributed by atoms with Gasteiger partial charge >= 0.3 is 0 Å². The number of aliphatic hydroxyl groups excluding tert-OH is 5. The highest BCUT2D eigenvalue weighted by Crippen LogP contribution is 2.23. The molecule has 0 radical (unpaired) electrons. The number of hydrogen-bond donors (Lipinski definition) is 6. The van der Waals surface area contributed by atoms with Crippen molar-refractivity contribution in [1.29, 1.82) is 0 Å². The van der Waals surface area contributed by atoms with Gasteiger partial charge in [0.2, 0.25) is 5.91 Å². The maximum absolute atomic E-state index is 13.0. The van der Waals surface area contributed by atoms with Crippen molar-refractivity contribution in [2.75, 3.05) is 13.2 Å². The Kier molecular flexibility index (Phi) is 49.3. The molecule has 1 aliphatic rings. The minimum Gasteiger partial charge on any atom is -0.394 e. The normalized spacial score (nSPS) is 19.5. The smallest absolute Gasteiger partial charge is 0.220 e. The van der Waals surface area contributed by atoms with E-state index in [1.807, 2.05) is 6.08 Å². The Morgan fingerprint density at radius 3 is 1.18 bits per heavy atom. The summed E-state index contributed by atoms with van der Waals surface area (Å²) in [4.78, 5) is 13.0. The summed E-state index contributed by atoms with van der Waals surface area (Å²) in [6.45, 7) is 3.77. The van der Waals surface area contributed by atoms with Crippen molar-refractivity contribution < 1.29 is 39.8 Å². The largest absolute Gasteiger partial charge is 0.394 e. The van der Waals surface area contributed by atoms with Gasteiger partial charge in [-0.1, -0.05) is 281 Å². The van der Waals surface area contributed by atoms with E-state index in [4.69, 9.17) is 9.47 Å². The molecule has 1 aliphatic heterocycles. The van der Waals surface area contributed by atoms with Gasteiger partial charge in [0, 0.05) is 6.42 Å². The average Bonchev–Trinajstić information content (AvgIpc) is 3.37. The number of hydrogen-bond acceptors (Lipinski definition) is 8. The molecule has 1 amide bonds. The third-order valence-electron chi connectivity index (χ3n) is 14.7. The van der Waals surface area contributed by atoms with Gasteiger partial charge < -0.3 is 40.3 Å². The number of unbranched alkanes of at least 4 members (excludes halogenated alkanes) is 39. The monoisotopic (exact) mass is 1000 g/mol. The molecule has 1 heterocycles. The van der Waals surface area contributed by atoms with Crippen molar-refractivity contribution in [2.24, 2.45) is 0 Å². The Labute approximate surface area is 438 Å². The molecule has 9 heteroatoms. The lowest BCUT2D eigenvalue weighted by molar-refractivity contribution is -0.302. The lowest BCUT2D eigenvalue weighted by atomic mass is 9.99. The summed E-state index contributed by atoms with van der Waals surface area (Å²) in [6, 6.07) is -0.826. The van der Waals surface area contributed by atoms with E-state index in [2.05, 4.69) is 43.5 Å². The standard InChI is InChI=1S/C62H117NO8/c1-3-5-7-9-11-13-15-17-19-20-21-22-23-24-25-26-27-28-29-30-31-32-33-34-35-36-38-40-42-44-46-48-50-52-58(66)63-55(54-70-62-61(69)60(68)59(67)57(53-64)71-62)56(65)51-49-47-45-43-41-39-37-18-16-14-12-10-8-6-4-2/h16,18,41,43,49,51,55-57,59-62,64-65,67-69H,3-15,17,19-40,42,44-48,50,52-54H2,1-2H3,(H,63,66)/b18-16+,43-41+,51-49+. The molecule has 0 bridgehead atoms. The van der Waals surface area contributed by atoms with Crippen molar-refractivity contribution in [2.45, 2.75) is 339 Å². The van der Waals surface area contributed by atoms with Gasteiger partial charge in [-0.05, 0) is 44.9 Å². The van der Waals surface area contributed by atoms with Crippen molar-refractivity contribution >= 4 is 5.91 Å². The fourth-order valence-corrected chi connectivity index (χ4v) is 9.84. The van der Waals surface area contributed by atoms with E-state index in [1.165, 1.54) is 225 Å². The van der Waals surface area contributed by atoms with E-state index in [1.54, 1.807) is 6.08 Å². The van der Waals surface area contributed by atoms with E-state index in [0.29, 0.717) is 6.42 Å². The van der Waals surface area contributed by atoms with Crippen LogP contribution in [0.15, 0.2) is 36.5 Å². The summed E-state index contributed by atoms with van der Waals surface area (Å²) in [5, 5.41) is 54.4. The summed E-state index contributed by atoms with van der Waals surface area (Å²) < 4.78 is 11.2. The first kappa shape index (κ1) is 67.4. The second-order valence-corrected chi connectivity index (χ2v) is 21.5.